The Labute approximate surface area is 244 Å². The number of epoxide rings is 2. The maximum Gasteiger partial charge on any atom is 0.417 e. The number of carbonyl (C=O) groups is 2. The molecular formula is C34H58O6. The first-order valence-corrected chi connectivity index (χ1v) is 17.3. The first-order valence-electron chi connectivity index (χ1n) is 17.3. The number of rotatable bonds is 22. The van der Waals surface area contributed by atoms with Crippen molar-refractivity contribution in [2.24, 2.45) is 11.8 Å². The molecule has 4 rings (SSSR count). The summed E-state index contributed by atoms with van der Waals surface area (Å²) in [5, 5.41) is 0. The molecule has 0 aromatic carbocycles. The van der Waals surface area contributed by atoms with E-state index in [1.54, 1.807) is 0 Å². The lowest BCUT2D eigenvalue weighted by molar-refractivity contribution is -0.167. The maximum atomic E-state index is 11.8. The zero-order valence-corrected chi connectivity index (χ0v) is 25.3. The molecule has 4 fully saturated rings. The zero-order chi connectivity index (χ0) is 27.8. The highest BCUT2D eigenvalue weighted by Gasteiger charge is 2.44. The van der Waals surface area contributed by atoms with Crippen LogP contribution in [0.1, 0.15) is 154 Å². The van der Waals surface area contributed by atoms with Crippen molar-refractivity contribution in [3.8, 4) is 0 Å². The fraction of sp³-hybridized carbons (Fsp3) is 0.941. The van der Waals surface area contributed by atoms with E-state index in [4.69, 9.17) is 18.9 Å². The van der Waals surface area contributed by atoms with Crippen molar-refractivity contribution in [3.63, 3.8) is 0 Å². The minimum Gasteiger partial charge on any atom is -0.457 e. The summed E-state index contributed by atoms with van der Waals surface area (Å²) >= 11 is 0. The third-order valence-electron chi connectivity index (χ3n) is 9.87. The Kier molecular flexibility index (Phi) is 14.6. The number of esters is 2. The summed E-state index contributed by atoms with van der Waals surface area (Å²) in [4.78, 5) is 23.6. The van der Waals surface area contributed by atoms with Crippen LogP contribution in [-0.4, -0.2) is 49.6 Å². The minimum atomic E-state index is -0.834. The molecular weight excluding hydrogens is 504 g/mol. The van der Waals surface area contributed by atoms with E-state index < -0.39 is 11.9 Å². The van der Waals surface area contributed by atoms with Crippen LogP contribution < -0.4 is 0 Å². The lowest BCUT2D eigenvalue weighted by Gasteiger charge is -2.18. The average Bonchev–Trinajstić information content (AvgIpc) is 3.89. The van der Waals surface area contributed by atoms with Crippen LogP contribution in [-0.2, 0) is 28.5 Å². The van der Waals surface area contributed by atoms with E-state index in [1.807, 2.05) is 0 Å². The van der Waals surface area contributed by atoms with Crippen LogP contribution in [0.25, 0.3) is 0 Å². The van der Waals surface area contributed by atoms with Gasteiger partial charge in [0.2, 0.25) is 0 Å². The number of ether oxygens (including phenoxy) is 4. The molecule has 0 amide bonds. The van der Waals surface area contributed by atoms with Crippen molar-refractivity contribution in [1.82, 2.24) is 0 Å². The van der Waals surface area contributed by atoms with Gasteiger partial charge in [-0.15, -0.1) is 0 Å². The molecule has 2 saturated carbocycles. The average molecular weight is 563 g/mol. The van der Waals surface area contributed by atoms with Crippen LogP contribution in [0.4, 0.5) is 0 Å². The van der Waals surface area contributed by atoms with Gasteiger partial charge in [0.15, 0.2) is 0 Å². The molecule has 2 aliphatic carbocycles. The highest BCUT2D eigenvalue weighted by molar-refractivity contribution is 6.29. The van der Waals surface area contributed by atoms with Crippen molar-refractivity contribution in [1.29, 1.82) is 0 Å². The third kappa shape index (κ3) is 12.8. The number of unbranched alkanes of at least 4 members (excludes halogenated alkanes) is 14. The van der Waals surface area contributed by atoms with E-state index in [0.717, 1.165) is 37.5 Å². The molecule has 2 aliphatic heterocycles. The van der Waals surface area contributed by atoms with E-state index in [-0.39, 0.29) is 0 Å². The summed E-state index contributed by atoms with van der Waals surface area (Å²) < 4.78 is 21.5. The highest BCUT2D eigenvalue weighted by atomic mass is 16.6. The molecule has 4 aliphatic rings. The second-order valence-corrected chi connectivity index (χ2v) is 13.3. The molecule has 0 spiro atoms. The molecule has 2 saturated heterocycles. The first kappa shape index (κ1) is 31.8. The van der Waals surface area contributed by atoms with Gasteiger partial charge in [-0.1, -0.05) is 103 Å². The van der Waals surface area contributed by atoms with Gasteiger partial charge in [0, 0.05) is 0 Å². The normalized spacial score (nSPS) is 28.4. The monoisotopic (exact) mass is 562 g/mol. The Bertz CT molecular complexity index is 665. The van der Waals surface area contributed by atoms with E-state index in [0.29, 0.717) is 37.6 Å². The van der Waals surface area contributed by atoms with E-state index in [1.165, 1.54) is 128 Å². The molecule has 6 atom stereocenters. The number of hydrogen-bond donors (Lipinski definition) is 0. The van der Waals surface area contributed by atoms with Gasteiger partial charge in [0.05, 0.1) is 37.6 Å². The van der Waals surface area contributed by atoms with Crippen molar-refractivity contribution < 1.29 is 28.5 Å². The Morgan fingerprint density at radius 1 is 0.450 bits per heavy atom. The van der Waals surface area contributed by atoms with E-state index in [2.05, 4.69) is 0 Å². The summed E-state index contributed by atoms with van der Waals surface area (Å²) in [6.07, 6.45) is 32.5. The second kappa shape index (κ2) is 18.4. The highest BCUT2D eigenvalue weighted by Crippen LogP contribution is 2.42. The van der Waals surface area contributed by atoms with Crippen LogP contribution in [0.15, 0.2) is 0 Å². The topological polar surface area (TPSA) is 77.7 Å². The van der Waals surface area contributed by atoms with Crippen LogP contribution in [0, 0.1) is 11.8 Å². The quantitative estimate of drug-likeness (QED) is 0.0572. The van der Waals surface area contributed by atoms with E-state index >= 15 is 0 Å². The van der Waals surface area contributed by atoms with Gasteiger partial charge in [-0.2, -0.15) is 0 Å². The molecule has 0 N–H and O–H groups in total. The lowest BCUT2D eigenvalue weighted by atomic mass is 9.85. The van der Waals surface area contributed by atoms with Gasteiger partial charge in [0.25, 0.3) is 0 Å². The maximum absolute atomic E-state index is 11.8. The number of carbonyl (C=O) groups excluding carboxylic acids is 2. The number of fused-ring (bicyclic) bond motifs is 2. The summed E-state index contributed by atoms with van der Waals surface area (Å²) in [6, 6.07) is 0. The van der Waals surface area contributed by atoms with Crippen LogP contribution in [0.5, 0.6) is 0 Å². The SMILES string of the molecule is O=C(OCCCCCCCCCCC1CCC2OC2C1)C(=O)OCCCCCCCCCCC1CCC2OC2C1. The van der Waals surface area contributed by atoms with Crippen molar-refractivity contribution >= 4 is 11.9 Å². The molecule has 6 nitrogen and oxygen atoms in total. The molecule has 0 bridgehead atoms. The summed E-state index contributed by atoms with van der Waals surface area (Å²) in [5.74, 6) is 0.159. The Balaban J connectivity index is 0.820. The first-order chi connectivity index (χ1) is 19.7. The Morgan fingerprint density at radius 3 is 1.18 bits per heavy atom. The van der Waals surface area contributed by atoms with Gasteiger partial charge in [-0.25, -0.2) is 9.59 Å². The second-order valence-electron chi connectivity index (χ2n) is 13.3. The standard InChI is InChI=1S/C34H58O6/c35-33(37-23-15-11-7-3-1-5-9-13-17-27-19-21-29-31(25-27)39-29)34(36)38-24-16-12-8-4-2-6-10-14-18-28-20-22-30-32(26-28)40-30/h27-32H,1-26H2. The Hall–Kier alpha value is -1.14. The van der Waals surface area contributed by atoms with Crippen molar-refractivity contribution in [2.45, 2.75) is 179 Å². The smallest absolute Gasteiger partial charge is 0.417 e. The molecule has 0 aromatic rings. The summed E-state index contributed by atoms with van der Waals surface area (Å²) in [5.41, 5.74) is 0. The predicted octanol–water partition coefficient (Wildman–Crippen LogP) is 8.23. The molecule has 40 heavy (non-hydrogen) atoms. The van der Waals surface area contributed by atoms with Gasteiger partial charge in [0.1, 0.15) is 0 Å². The molecule has 0 aromatic heterocycles. The van der Waals surface area contributed by atoms with Gasteiger partial charge in [-0.05, 0) is 63.2 Å². The van der Waals surface area contributed by atoms with E-state index in [9.17, 15) is 9.59 Å². The van der Waals surface area contributed by atoms with Gasteiger partial charge < -0.3 is 18.9 Å². The van der Waals surface area contributed by atoms with Crippen molar-refractivity contribution in [3.05, 3.63) is 0 Å². The van der Waals surface area contributed by atoms with Crippen LogP contribution in [0.2, 0.25) is 0 Å². The Morgan fingerprint density at radius 2 is 0.800 bits per heavy atom. The summed E-state index contributed by atoms with van der Waals surface area (Å²) in [6.45, 7) is 0.633. The number of hydrogen-bond acceptors (Lipinski definition) is 6. The minimum absolute atomic E-state index is 0.316. The molecule has 6 unspecified atom stereocenters. The largest absolute Gasteiger partial charge is 0.457 e. The molecule has 2 heterocycles. The van der Waals surface area contributed by atoms with Gasteiger partial charge >= 0.3 is 11.9 Å². The molecule has 6 heteroatoms. The fourth-order valence-corrected chi connectivity index (χ4v) is 7.14. The molecule has 230 valence electrons. The predicted molar refractivity (Wildman–Crippen MR) is 157 cm³/mol. The molecule has 0 radical (unpaired) electrons. The fourth-order valence-electron chi connectivity index (χ4n) is 7.14. The third-order valence-corrected chi connectivity index (χ3v) is 9.87. The van der Waals surface area contributed by atoms with Crippen LogP contribution >= 0.6 is 0 Å². The van der Waals surface area contributed by atoms with Crippen LogP contribution in [0.3, 0.4) is 0 Å². The lowest BCUT2D eigenvalue weighted by Crippen LogP contribution is -2.21. The summed E-state index contributed by atoms with van der Waals surface area (Å²) in [7, 11) is 0. The van der Waals surface area contributed by atoms with Crippen molar-refractivity contribution in [2.75, 3.05) is 13.2 Å². The van der Waals surface area contributed by atoms with Gasteiger partial charge in [-0.3, -0.25) is 0 Å². The zero-order valence-electron chi connectivity index (χ0n) is 25.3.